The van der Waals surface area contributed by atoms with E-state index in [1.165, 1.54) is 0 Å². The predicted molar refractivity (Wildman–Crippen MR) is 57.3 cm³/mol. The van der Waals surface area contributed by atoms with Gasteiger partial charge in [0, 0.05) is 19.1 Å². The first kappa shape index (κ1) is 12.0. The van der Waals surface area contributed by atoms with Crippen LogP contribution in [-0.2, 0) is 9.59 Å². The second kappa shape index (κ2) is 5.11. The van der Waals surface area contributed by atoms with E-state index in [1.807, 2.05) is 25.7 Å². The Morgan fingerprint density at radius 1 is 1.47 bits per heavy atom. The summed E-state index contributed by atoms with van der Waals surface area (Å²) < 4.78 is 0. The van der Waals surface area contributed by atoms with E-state index in [4.69, 9.17) is 0 Å². The lowest BCUT2D eigenvalue weighted by Crippen LogP contribution is -2.55. The van der Waals surface area contributed by atoms with Crippen molar-refractivity contribution in [2.75, 3.05) is 19.6 Å². The van der Waals surface area contributed by atoms with Crippen molar-refractivity contribution in [3.63, 3.8) is 0 Å². The van der Waals surface area contributed by atoms with E-state index in [0.717, 1.165) is 6.54 Å². The van der Waals surface area contributed by atoms with Crippen LogP contribution in [0.3, 0.4) is 0 Å². The standard InChI is InChI=1S/C10H19N3O2/c1-7(2)12-10(15)8(3)13-5-4-11-9(14)6-13/h7-8H,4-6H2,1-3H3,(H,11,14)(H,12,15). The van der Waals surface area contributed by atoms with Crippen molar-refractivity contribution in [2.45, 2.75) is 32.9 Å². The number of hydrogen-bond acceptors (Lipinski definition) is 3. The fraction of sp³-hybridized carbons (Fsp3) is 0.800. The van der Waals surface area contributed by atoms with E-state index in [1.54, 1.807) is 0 Å². The Morgan fingerprint density at radius 2 is 2.13 bits per heavy atom. The summed E-state index contributed by atoms with van der Waals surface area (Å²) in [5.41, 5.74) is 0. The third kappa shape index (κ3) is 3.51. The lowest BCUT2D eigenvalue weighted by Gasteiger charge is -2.31. The van der Waals surface area contributed by atoms with Gasteiger partial charge in [0.05, 0.1) is 12.6 Å². The van der Waals surface area contributed by atoms with Gasteiger partial charge in [-0.25, -0.2) is 0 Å². The van der Waals surface area contributed by atoms with Crippen LogP contribution in [-0.4, -0.2) is 48.4 Å². The second-order valence-corrected chi connectivity index (χ2v) is 4.16. The Bertz CT molecular complexity index is 253. The van der Waals surface area contributed by atoms with Crippen molar-refractivity contribution < 1.29 is 9.59 Å². The number of piperazine rings is 1. The Balaban J connectivity index is 2.47. The van der Waals surface area contributed by atoms with E-state index in [0.29, 0.717) is 13.1 Å². The van der Waals surface area contributed by atoms with Gasteiger partial charge in [-0.2, -0.15) is 0 Å². The van der Waals surface area contributed by atoms with Gasteiger partial charge in [0.15, 0.2) is 0 Å². The number of nitrogens with one attached hydrogen (secondary N) is 2. The molecular weight excluding hydrogens is 194 g/mol. The molecule has 1 heterocycles. The van der Waals surface area contributed by atoms with Crippen LogP contribution in [0.25, 0.3) is 0 Å². The molecule has 0 saturated carbocycles. The van der Waals surface area contributed by atoms with Crippen LogP contribution in [0.5, 0.6) is 0 Å². The molecule has 0 aliphatic carbocycles. The third-order valence-corrected chi connectivity index (χ3v) is 2.43. The summed E-state index contributed by atoms with van der Waals surface area (Å²) >= 11 is 0. The van der Waals surface area contributed by atoms with E-state index in [9.17, 15) is 9.59 Å². The molecule has 1 unspecified atom stereocenters. The van der Waals surface area contributed by atoms with Crippen molar-refractivity contribution in [1.29, 1.82) is 0 Å². The first-order valence-electron chi connectivity index (χ1n) is 5.32. The summed E-state index contributed by atoms with van der Waals surface area (Å²) in [4.78, 5) is 24.7. The van der Waals surface area contributed by atoms with Crippen molar-refractivity contribution in [3.05, 3.63) is 0 Å². The molecule has 1 fully saturated rings. The molecule has 1 aliphatic rings. The van der Waals surface area contributed by atoms with Gasteiger partial charge >= 0.3 is 0 Å². The summed E-state index contributed by atoms with van der Waals surface area (Å²) in [6.45, 7) is 7.35. The average Bonchev–Trinajstić information content (AvgIpc) is 2.15. The lowest BCUT2D eigenvalue weighted by atomic mass is 10.2. The van der Waals surface area contributed by atoms with Crippen LogP contribution in [0, 0.1) is 0 Å². The van der Waals surface area contributed by atoms with Crippen LogP contribution < -0.4 is 10.6 Å². The van der Waals surface area contributed by atoms with Gasteiger partial charge in [0.1, 0.15) is 0 Å². The summed E-state index contributed by atoms with van der Waals surface area (Å²) in [5.74, 6) is -0.0230. The topological polar surface area (TPSA) is 61.4 Å². The van der Waals surface area contributed by atoms with Gasteiger partial charge < -0.3 is 10.6 Å². The van der Waals surface area contributed by atoms with Gasteiger partial charge in [-0.15, -0.1) is 0 Å². The van der Waals surface area contributed by atoms with Gasteiger partial charge in [-0.3, -0.25) is 14.5 Å². The Hall–Kier alpha value is -1.10. The van der Waals surface area contributed by atoms with E-state index in [2.05, 4.69) is 10.6 Å². The molecule has 5 heteroatoms. The van der Waals surface area contributed by atoms with Gasteiger partial charge in [0.2, 0.25) is 11.8 Å². The molecule has 1 saturated heterocycles. The molecule has 0 aromatic rings. The molecular formula is C10H19N3O2. The fourth-order valence-corrected chi connectivity index (χ4v) is 1.56. The van der Waals surface area contributed by atoms with Gasteiger partial charge in [-0.05, 0) is 20.8 Å². The molecule has 0 bridgehead atoms. The predicted octanol–water partition coefficient (Wildman–Crippen LogP) is -0.669. The number of hydrogen-bond donors (Lipinski definition) is 2. The quantitative estimate of drug-likeness (QED) is 0.653. The first-order valence-corrected chi connectivity index (χ1v) is 5.32. The normalized spacial score (nSPS) is 19.9. The molecule has 5 nitrogen and oxygen atoms in total. The van der Waals surface area contributed by atoms with Gasteiger partial charge in [0.25, 0.3) is 0 Å². The van der Waals surface area contributed by atoms with Crippen LogP contribution in [0.2, 0.25) is 0 Å². The average molecular weight is 213 g/mol. The molecule has 15 heavy (non-hydrogen) atoms. The molecule has 2 N–H and O–H groups in total. The highest BCUT2D eigenvalue weighted by atomic mass is 16.2. The van der Waals surface area contributed by atoms with Crippen molar-refractivity contribution >= 4 is 11.8 Å². The molecule has 0 radical (unpaired) electrons. The molecule has 1 atom stereocenters. The highest BCUT2D eigenvalue weighted by molar-refractivity contribution is 5.84. The van der Waals surface area contributed by atoms with E-state index >= 15 is 0 Å². The number of carbonyl (C=O) groups excluding carboxylic acids is 2. The first-order chi connectivity index (χ1) is 7.00. The monoisotopic (exact) mass is 213 g/mol. The van der Waals surface area contributed by atoms with Crippen molar-refractivity contribution in [1.82, 2.24) is 15.5 Å². The molecule has 0 aromatic heterocycles. The van der Waals surface area contributed by atoms with Crippen LogP contribution in [0.15, 0.2) is 0 Å². The third-order valence-electron chi connectivity index (χ3n) is 2.43. The summed E-state index contributed by atoms with van der Waals surface area (Å²) in [6.07, 6.45) is 0. The van der Waals surface area contributed by atoms with E-state index < -0.39 is 0 Å². The minimum absolute atomic E-state index is 0.00885. The second-order valence-electron chi connectivity index (χ2n) is 4.16. The number of carbonyl (C=O) groups is 2. The zero-order valence-electron chi connectivity index (χ0n) is 9.54. The summed E-state index contributed by atoms with van der Waals surface area (Å²) in [6, 6.07) is -0.1000. The van der Waals surface area contributed by atoms with Crippen molar-refractivity contribution in [3.8, 4) is 0 Å². The minimum atomic E-state index is -0.238. The molecule has 1 aliphatic heterocycles. The fourth-order valence-electron chi connectivity index (χ4n) is 1.56. The van der Waals surface area contributed by atoms with Crippen LogP contribution in [0.4, 0.5) is 0 Å². The number of nitrogens with zero attached hydrogens (tertiary/aromatic N) is 1. The molecule has 1 rings (SSSR count). The van der Waals surface area contributed by atoms with Crippen LogP contribution in [0.1, 0.15) is 20.8 Å². The maximum atomic E-state index is 11.7. The minimum Gasteiger partial charge on any atom is -0.354 e. The molecule has 0 aromatic carbocycles. The molecule has 0 spiro atoms. The summed E-state index contributed by atoms with van der Waals surface area (Å²) in [5, 5.41) is 5.58. The highest BCUT2D eigenvalue weighted by Gasteiger charge is 2.25. The summed E-state index contributed by atoms with van der Waals surface area (Å²) in [7, 11) is 0. The molecule has 86 valence electrons. The Labute approximate surface area is 90.2 Å². The van der Waals surface area contributed by atoms with E-state index in [-0.39, 0.29) is 23.9 Å². The maximum Gasteiger partial charge on any atom is 0.237 e. The smallest absolute Gasteiger partial charge is 0.237 e. The Morgan fingerprint density at radius 3 is 2.67 bits per heavy atom. The van der Waals surface area contributed by atoms with Crippen molar-refractivity contribution in [2.24, 2.45) is 0 Å². The van der Waals surface area contributed by atoms with Crippen LogP contribution >= 0.6 is 0 Å². The largest absolute Gasteiger partial charge is 0.354 e. The zero-order chi connectivity index (χ0) is 11.4. The van der Waals surface area contributed by atoms with Gasteiger partial charge in [-0.1, -0.05) is 0 Å². The maximum absolute atomic E-state index is 11.7. The number of rotatable bonds is 3. The number of amides is 2. The Kier molecular flexibility index (Phi) is 4.08. The highest BCUT2D eigenvalue weighted by Crippen LogP contribution is 2.02. The SMILES string of the molecule is CC(C)NC(=O)C(C)N1CCNC(=O)C1. The molecule has 2 amide bonds. The lowest BCUT2D eigenvalue weighted by molar-refractivity contribution is -0.130. The zero-order valence-corrected chi connectivity index (χ0v) is 9.54.